The first-order chi connectivity index (χ1) is 13.6. The highest BCUT2D eigenvalue weighted by Gasteiger charge is 2.21. The summed E-state index contributed by atoms with van der Waals surface area (Å²) in [5, 5.41) is 12.0. The third-order valence-corrected chi connectivity index (χ3v) is 4.45. The standard InChI is InChI=1S/C23H19N3O2/c1-3-12-25-23(28)18(15-24)14-19-16(2)21(26-13-8-7-11-20(19)26)22(27)17-9-5-4-6-10-17/h3-11,13-14H,1,12H2,2H3,(H,25,28)/b18-14+. The number of pyridine rings is 1. The number of benzene rings is 1. The molecule has 0 spiro atoms. The highest BCUT2D eigenvalue weighted by molar-refractivity contribution is 6.11. The number of fused-ring (bicyclic) bond motifs is 1. The van der Waals surface area contributed by atoms with Gasteiger partial charge in [-0.25, -0.2) is 0 Å². The van der Waals surface area contributed by atoms with Crippen molar-refractivity contribution in [2.75, 3.05) is 6.54 Å². The second-order valence-electron chi connectivity index (χ2n) is 6.21. The molecule has 0 radical (unpaired) electrons. The fourth-order valence-electron chi connectivity index (χ4n) is 3.10. The molecule has 28 heavy (non-hydrogen) atoms. The van der Waals surface area contributed by atoms with Crippen molar-refractivity contribution in [3.63, 3.8) is 0 Å². The molecule has 0 saturated carbocycles. The lowest BCUT2D eigenvalue weighted by Crippen LogP contribution is -2.24. The molecular weight excluding hydrogens is 350 g/mol. The topological polar surface area (TPSA) is 74.4 Å². The van der Waals surface area contributed by atoms with Crippen molar-refractivity contribution in [3.05, 3.63) is 95.3 Å². The van der Waals surface area contributed by atoms with E-state index in [0.717, 1.165) is 5.52 Å². The molecule has 5 heteroatoms. The van der Waals surface area contributed by atoms with Gasteiger partial charge in [0.25, 0.3) is 5.91 Å². The molecule has 0 fully saturated rings. The van der Waals surface area contributed by atoms with Crippen LogP contribution in [0.1, 0.15) is 27.2 Å². The van der Waals surface area contributed by atoms with Crippen molar-refractivity contribution in [2.45, 2.75) is 6.92 Å². The number of rotatable bonds is 6. The Morgan fingerprint density at radius 2 is 1.89 bits per heavy atom. The monoisotopic (exact) mass is 369 g/mol. The maximum absolute atomic E-state index is 13.1. The summed E-state index contributed by atoms with van der Waals surface area (Å²) in [6.07, 6.45) is 4.88. The van der Waals surface area contributed by atoms with Crippen molar-refractivity contribution in [1.82, 2.24) is 9.72 Å². The first-order valence-corrected chi connectivity index (χ1v) is 8.78. The van der Waals surface area contributed by atoms with Gasteiger partial charge in [0.15, 0.2) is 0 Å². The number of ketones is 1. The van der Waals surface area contributed by atoms with E-state index >= 15 is 0 Å². The minimum Gasteiger partial charge on any atom is -0.348 e. The van der Waals surface area contributed by atoms with Crippen LogP contribution < -0.4 is 5.32 Å². The van der Waals surface area contributed by atoms with Crippen molar-refractivity contribution in [1.29, 1.82) is 5.26 Å². The Hall–Kier alpha value is -3.91. The van der Waals surface area contributed by atoms with Crippen LogP contribution in [0.3, 0.4) is 0 Å². The molecule has 3 rings (SSSR count). The molecular formula is C23H19N3O2. The Labute approximate surface area is 163 Å². The van der Waals surface area contributed by atoms with Crippen LogP contribution in [-0.2, 0) is 4.79 Å². The first kappa shape index (κ1) is 18.9. The van der Waals surface area contributed by atoms with Gasteiger partial charge in [0, 0.05) is 23.9 Å². The largest absolute Gasteiger partial charge is 0.348 e. The molecule has 0 atom stereocenters. The molecule has 2 aromatic heterocycles. The van der Waals surface area contributed by atoms with E-state index in [1.165, 1.54) is 6.08 Å². The molecule has 1 N–H and O–H groups in total. The average Bonchev–Trinajstić information content (AvgIpc) is 3.01. The zero-order valence-corrected chi connectivity index (χ0v) is 15.5. The number of nitriles is 1. The predicted octanol–water partition coefficient (Wildman–Crippen LogP) is 3.69. The quantitative estimate of drug-likeness (QED) is 0.312. The van der Waals surface area contributed by atoms with E-state index in [-0.39, 0.29) is 17.9 Å². The summed E-state index contributed by atoms with van der Waals surface area (Å²) in [6.45, 7) is 5.64. The van der Waals surface area contributed by atoms with E-state index in [4.69, 9.17) is 0 Å². The summed E-state index contributed by atoms with van der Waals surface area (Å²) in [7, 11) is 0. The molecule has 3 aromatic rings. The van der Waals surface area contributed by atoms with Gasteiger partial charge in [-0.3, -0.25) is 9.59 Å². The van der Waals surface area contributed by atoms with E-state index in [9.17, 15) is 14.9 Å². The van der Waals surface area contributed by atoms with Gasteiger partial charge in [0.2, 0.25) is 5.78 Å². The van der Waals surface area contributed by atoms with Gasteiger partial charge in [-0.05, 0) is 30.7 Å². The maximum atomic E-state index is 13.1. The normalized spacial score (nSPS) is 11.1. The van der Waals surface area contributed by atoms with Crippen LogP contribution in [-0.4, -0.2) is 22.6 Å². The lowest BCUT2D eigenvalue weighted by Gasteiger charge is -2.03. The fourth-order valence-corrected chi connectivity index (χ4v) is 3.10. The Bertz CT molecular complexity index is 1130. The molecule has 0 unspecified atom stereocenters. The summed E-state index contributed by atoms with van der Waals surface area (Å²) in [5.41, 5.74) is 3.20. The number of aromatic nitrogens is 1. The second-order valence-corrected chi connectivity index (χ2v) is 6.21. The van der Waals surface area contributed by atoms with E-state index in [2.05, 4.69) is 11.9 Å². The number of nitrogens with zero attached hydrogens (tertiary/aromatic N) is 2. The molecule has 0 aliphatic carbocycles. The Morgan fingerprint density at radius 3 is 2.57 bits per heavy atom. The van der Waals surface area contributed by atoms with Crippen LogP contribution >= 0.6 is 0 Å². The van der Waals surface area contributed by atoms with Crippen LogP contribution in [0.5, 0.6) is 0 Å². The zero-order chi connectivity index (χ0) is 20.1. The smallest absolute Gasteiger partial charge is 0.262 e. The molecule has 2 heterocycles. The highest BCUT2D eigenvalue weighted by atomic mass is 16.1. The van der Waals surface area contributed by atoms with Gasteiger partial charge in [0.05, 0.1) is 11.2 Å². The fraction of sp³-hybridized carbons (Fsp3) is 0.0870. The SMILES string of the molecule is C=CCNC(=O)/C(C#N)=C/c1c(C)c(C(=O)c2ccccc2)n2ccccc12. The molecule has 138 valence electrons. The van der Waals surface area contributed by atoms with Gasteiger partial charge >= 0.3 is 0 Å². The zero-order valence-electron chi connectivity index (χ0n) is 15.5. The minimum atomic E-state index is -0.479. The van der Waals surface area contributed by atoms with E-state index in [1.54, 1.807) is 28.8 Å². The molecule has 0 bridgehead atoms. The number of hydrogen-bond acceptors (Lipinski definition) is 3. The van der Waals surface area contributed by atoms with Crippen molar-refractivity contribution < 1.29 is 9.59 Å². The number of hydrogen-bond donors (Lipinski definition) is 1. The molecule has 1 aromatic carbocycles. The van der Waals surface area contributed by atoms with Crippen LogP contribution in [0.25, 0.3) is 11.6 Å². The van der Waals surface area contributed by atoms with Gasteiger partial charge in [-0.15, -0.1) is 6.58 Å². The van der Waals surface area contributed by atoms with Crippen molar-refractivity contribution in [3.8, 4) is 6.07 Å². The average molecular weight is 369 g/mol. The second kappa shape index (κ2) is 8.19. The summed E-state index contributed by atoms with van der Waals surface area (Å²) >= 11 is 0. The molecule has 0 aliphatic heterocycles. The third-order valence-electron chi connectivity index (χ3n) is 4.45. The number of carbonyl (C=O) groups is 2. The third kappa shape index (κ3) is 3.49. The highest BCUT2D eigenvalue weighted by Crippen LogP contribution is 2.27. The van der Waals surface area contributed by atoms with Crippen LogP contribution in [0.2, 0.25) is 0 Å². The number of nitrogens with one attached hydrogen (secondary N) is 1. The summed E-state index contributed by atoms with van der Waals surface area (Å²) < 4.78 is 1.80. The van der Waals surface area contributed by atoms with Gasteiger partial charge in [0.1, 0.15) is 11.6 Å². The maximum Gasteiger partial charge on any atom is 0.262 e. The molecule has 0 saturated heterocycles. The Morgan fingerprint density at radius 1 is 1.18 bits per heavy atom. The van der Waals surface area contributed by atoms with E-state index in [0.29, 0.717) is 22.4 Å². The van der Waals surface area contributed by atoms with Crippen molar-refractivity contribution in [2.24, 2.45) is 0 Å². The lowest BCUT2D eigenvalue weighted by molar-refractivity contribution is -0.116. The van der Waals surface area contributed by atoms with Crippen molar-refractivity contribution >= 4 is 23.3 Å². The molecule has 5 nitrogen and oxygen atoms in total. The minimum absolute atomic E-state index is 0.0278. The predicted molar refractivity (Wildman–Crippen MR) is 109 cm³/mol. The Kier molecular flexibility index (Phi) is 5.52. The summed E-state index contributed by atoms with van der Waals surface area (Å²) in [6, 6.07) is 16.5. The van der Waals surface area contributed by atoms with E-state index < -0.39 is 5.91 Å². The van der Waals surface area contributed by atoms with Crippen LogP contribution in [0.4, 0.5) is 0 Å². The van der Waals surface area contributed by atoms with Crippen LogP contribution in [0, 0.1) is 18.3 Å². The molecule has 1 amide bonds. The van der Waals surface area contributed by atoms with Crippen LogP contribution in [0.15, 0.2) is 73.0 Å². The lowest BCUT2D eigenvalue weighted by atomic mass is 10.0. The Balaban J connectivity index is 2.17. The summed E-state index contributed by atoms with van der Waals surface area (Å²) in [4.78, 5) is 25.4. The summed E-state index contributed by atoms with van der Waals surface area (Å²) in [5.74, 6) is -0.596. The number of carbonyl (C=O) groups excluding carboxylic acids is 2. The number of amides is 1. The van der Waals surface area contributed by atoms with Gasteiger partial charge < -0.3 is 9.72 Å². The van der Waals surface area contributed by atoms with Gasteiger partial charge in [-0.1, -0.05) is 42.5 Å². The molecule has 0 aliphatic rings. The van der Waals surface area contributed by atoms with E-state index in [1.807, 2.05) is 49.4 Å². The first-order valence-electron chi connectivity index (χ1n) is 8.78. The van der Waals surface area contributed by atoms with Gasteiger partial charge in [-0.2, -0.15) is 5.26 Å².